The number of nitriles is 1. The third kappa shape index (κ3) is 3.46. The molecule has 9 nitrogen and oxygen atoms in total. The molecule has 0 bridgehead atoms. The maximum Gasteiger partial charge on any atom is 0.329 e. The van der Waals surface area contributed by atoms with Crippen LogP contribution in [-0.2, 0) is 12.0 Å². The lowest BCUT2D eigenvalue weighted by molar-refractivity contribution is 0.213. The van der Waals surface area contributed by atoms with E-state index in [1.54, 1.807) is 35.4 Å². The Morgan fingerprint density at radius 3 is 2.41 bits per heavy atom. The average molecular weight is 451 g/mol. The summed E-state index contributed by atoms with van der Waals surface area (Å²) < 4.78 is 0. The van der Waals surface area contributed by atoms with Crippen molar-refractivity contribution in [3.8, 4) is 17.3 Å². The number of carbonyl (C=O) groups excluding carboxylic acids is 1. The predicted molar refractivity (Wildman–Crippen MR) is 129 cm³/mol. The van der Waals surface area contributed by atoms with E-state index in [9.17, 15) is 10.1 Å². The topological polar surface area (TPSA) is 125 Å². The number of hydrogen-bond acceptors (Lipinski definition) is 7. The van der Waals surface area contributed by atoms with Crippen molar-refractivity contribution in [2.75, 3.05) is 17.7 Å². The largest absolute Gasteiger partial charge is 0.368 e. The number of aromatic nitrogens is 4. The maximum absolute atomic E-state index is 13.4. The third-order valence-electron chi connectivity index (χ3n) is 6.01. The van der Waals surface area contributed by atoms with Crippen molar-refractivity contribution >= 4 is 34.4 Å². The predicted octanol–water partition coefficient (Wildman–Crippen LogP) is 4.17. The van der Waals surface area contributed by atoms with Crippen LogP contribution in [0.4, 0.5) is 22.1 Å². The Balaban J connectivity index is 1.69. The second-order valence-electron chi connectivity index (χ2n) is 8.78. The molecule has 0 aliphatic carbocycles. The third-order valence-corrected chi connectivity index (χ3v) is 6.01. The number of urea groups is 1. The summed E-state index contributed by atoms with van der Waals surface area (Å²) in [6, 6.07) is 13.3. The van der Waals surface area contributed by atoms with Crippen LogP contribution in [0.3, 0.4) is 0 Å². The van der Waals surface area contributed by atoms with Gasteiger partial charge in [-0.3, -0.25) is 9.88 Å². The highest BCUT2D eigenvalue weighted by Crippen LogP contribution is 2.39. The molecule has 4 heterocycles. The molecule has 1 aliphatic heterocycles. The van der Waals surface area contributed by atoms with Gasteiger partial charge in [-0.1, -0.05) is 12.1 Å². The Hall–Kier alpha value is -4.58. The van der Waals surface area contributed by atoms with Crippen LogP contribution in [0.1, 0.15) is 25.0 Å². The van der Waals surface area contributed by atoms with Crippen LogP contribution in [0.25, 0.3) is 22.3 Å². The molecule has 0 unspecified atom stereocenters. The van der Waals surface area contributed by atoms with Gasteiger partial charge in [0, 0.05) is 36.8 Å². The monoisotopic (exact) mass is 450 g/mol. The zero-order valence-corrected chi connectivity index (χ0v) is 19.0. The Bertz CT molecular complexity index is 1460. The number of nitrogens with two attached hydrogens (primary N) is 1. The molecule has 4 aromatic rings. The summed E-state index contributed by atoms with van der Waals surface area (Å²) in [5, 5.41) is 9.47. The van der Waals surface area contributed by atoms with E-state index in [-0.39, 0.29) is 12.0 Å². The summed E-state index contributed by atoms with van der Waals surface area (Å²) in [5.41, 5.74) is 10.8. The van der Waals surface area contributed by atoms with Gasteiger partial charge >= 0.3 is 6.03 Å². The molecule has 9 heteroatoms. The molecule has 0 fully saturated rings. The second kappa shape index (κ2) is 7.78. The number of fused-ring (bicyclic) bond motifs is 3. The standard InChI is InChI=1S/C25H22N8O/c1-25(2,14-26)17-4-6-18(7-5-17)33-22-16(13-32(3)24(33)34)12-28-20-9-8-19(31-21(20)22)15-10-29-23(27)30-11-15/h4-12H,13H2,1-3H3,(H2,27,29,30). The molecule has 3 aromatic heterocycles. The van der Waals surface area contributed by atoms with Gasteiger partial charge in [0.15, 0.2) is 0 Å². The minimum atomic E-state index is -0.632. The van der Waals surface area contributed by atoms with Crippen molar-refractivity contribution in [3.63, 3.8) is 0 Å². The van der Waals surface area contributed by atoms with E-state index in [0.717, 1.165) is 11.1 Å². The normalized spacial score (nSPS) is 13.6. The molecule has 0 atom stereocenters. The highest BCUT2D eigenvalue weighted by Gasteiger charge is 2.32. The van der Waals surface area contributed by atoms with Crippen molar-refractivity contribution < 1.29 is 4.79 Å². The van der Waals surface area contributed by atoms with Crippen LogP contribution in [-0.4, -0.2) is 37.9 Å². The van der Waals surface area contributed by atoms with Gasteiger partial charge in [0.05, 0.1) is 40.6 Å². The Morgan fingerprint density at radius 2 is 1.74 bits per heavy atom. The summed E-state index contributed by atoms with van der Waals surface area (Å²) in [7, 11) is 1.76. The zero-order valence-electron chi connectivity index (χ0n) is 19.0. The summed E-state index contributed by atoms with van der Waals surface area (Å²) in [6.07, 6.45) is 5.02. The lowest BCUT2D eigenvalue weighted by atomic mass is 9.86. The summed E-state index contributed by atoms with van der Waals surface area (Å²) >= 11 is 0. The quantitative estimate of drug-likeness (QED) is 0.496. The lowest BCUT2D eigenvalue weighted by Crippen LogP contribution is -2.42. The van der Waals surface area contributed by atoms with Gasteiger partial charge in [0.1, 0.15) is 5.52 Å². The van der Waals surface area contributed by atoms with Crippen LogP contribution in [0.2, 0.25) is 0 Å². The zero-order chi connectivity index (χ0) is 24.0. The maximum atomic E-state index is 13.4. The van der Waals surface area contributed by atoms with Crippen molar-refractivity contribution in [1.82, 2.24) is 24.8 Å². The fourth-order valence-corrected chi connectivity index (χ4v) is 4.01. The Kier molecular flexibility index (Phi) is 4.87. The molecule has 0 spiro atoms. The first-order valence-electron chi connectivity index (χ1n) is 10.7. The molecule has 0 radical (unpaired) electrons. The average Bonchev–Trinajstić information content (AvgIpc) is 2.85. The van der Waals surface area contributed by atoms with Crippen molar-refractivity contribution in [2.45, 2.75) is 25.8 Å². The van der Waals surface area contributed by atoms with Gasteiger partial charge in [0.2, 0.25) is 5.95 Å². The number of benzene rings is 1. The fraction of sp³-hybridized carbons (Fsp3) is 0.200. The van der Waals surface area contributed by atoms with E-state index in [2.05, 4.69) is 21.0 Å². The highest BCUT2D eigenvalue weighted by molar-refractivity contribution is 6.08. The minimum absolute atomic E-state index is 0.171. The van der Waals surface area contributed by atoms with Gasteiger partial charge in [-0.15, -0.1) is 0 Å². The lowest BCUT2D eigenvalue weighted by Gasteiger charge is -2.35. The first-order valence-corrected chi connectivity index (χ1v) is 10.7. The number of amides is 2. The molecule has 0 saturated heterocycles. The van der Waals surface area contributed by atoms with Crippen LogP contribution < -0.4 is 10.6 Å². The molecule has 1 aliphatic rings. The fourth-order valence-electron chi connectivity index (χ4n) is 4.01. The number of anilines is 3. The van der Waals surface area contributed by atoms with Crippen LogP contribution >= 0.6 is 0 Å². The molecule has 2 N–H and O–H groups in total. The molecule has 168 valence electrons. The number of nitrogens with zero attached hydrogens (tertiary/aromatic N) is 7. The molecule has 5 rings (SSSR count). The van der Waals surface area contributed by atoms with E-state index in [1.165, 1.54) is 0 Å². The van der Waals surface area contributed by atoms with Crippen molar-refractivity contribution in [1.29, 1.82) is 5.26 Å². The SMILES string of the molecule is CN1Cc2cnc3ccc(-c4cnc(N)nc4)nc3c2N(c2ccc(C(C)(C)C#N)cc2)C1=O. The summed E-state index contributed by atoms with van der Waals surface area (Å²) in [6.45, 7) is 4.15. The molecular weight excluding hydrogens is 428 g/mol. The first-order chi connectivity index (χ1) is 16.3. The van der Waals surface area contributed by atoms with Gasteiger partial charge < -0.3 is 10.6 Å². The first kappa shape index (κ1) is 21.3. The number of rotatable bonds is 3. The van der Waals surface area contributed by atoms with Crippen LogP contribution in [0.5, 0.6) is 0 Å². The van der Waals surface area contributed by atoms with Crippen molar-refractivity contribution in [3.05, 3.63) is 66.1 Å². The van der Waals surface area contributed by atoms with Crippen LogP contribution in [0, 0.1) is 11.3 Å². The van der Waals surface area contributed by atoms with Gasteiger partial charge in [-0.05, 0) is 43.7 Å². The number of hydrogen-bond donors (Lipinski definition) is 1. The summed E-state index contributed by atoms with van der Waals surface area (Å²) in [4.78, 5) is 34.2. The smallest absolute Gasteiger partial charge is 0.329 e. The molecule has 2 amide bonds. The van der Waals surface area contributed by atoms with E-state index < -0.39 is 5.41 Å². The minimum Gasteiger partial charge on any atom is -0.368 e. The van der Waals surface area contributed by atoms with E-state index in [4.69, 9.17) is 10.7 Å². The molecule has 1 aromatic carbocycles. The van der Waals surface area contributed by atoms with E-state index >= 15 is 0 Å². The second-order valence-corrected chi connectivity index (χ2v) is 8.78. The molecule has 0 saturated carbocycles. The Morgan fingerprint density at radius 1 is 1.03 bits per heavy atom. The number of nitrogen functional groups attached to an aromatic ring is 1. The van der Waals surface area contributed by atoms with Gasteiger partial charge in [-0.2, -0.15) is 5.26 Å². The number of pyridine rings is 2. The van der Waals surface area contributed by atoms with Crippen molar-refractivity contribution in [2.24, 2.45) is 0 Å². The van der Waals surface area contributed by atoms with Gasteiger partial charge in [0.25, 0.3) is 0 Å². The Labute approximate surface area is 196 Å². The highest BCUT2D eigenvalue weighted by atomic mass is 16.2. The van der Waals surface area contributed by atoms with E-state index in [1.807, 2.05) is 50.2 Å². The summed E-state index contributed by atoms with van der Waals surface area (Å²) in [5.74, 6) is 0.186. The van der Waals surface area contributed by atoms with Crippen LogP contribution in [0.15, 0.2) is 55.0 Å². The van der Waals surface area contributed by atoms with E-state index in [0.29, 0.717) is 40.2 Å². The molecular formula is C25H22N8O. The molecule has 34 heavy (non-hydrogen) atoms. The van der Waals surface area contributed by atoms with Gasteiger partial charge in [-0.25, -0.2) is 19.7 Å². The number of carbonyl (C=O) groups is 1.